The summed E-state index contributed by atoms with van der Waals surface area (Å²) in [6, 6.07) is 0. The van der Waals surface area contributed by atoms with Crippen molar-refractivity contribution >= 4 is 10.0 Å². The van der Waals surface area contributed by atoms with Gasteiger partial charge in [0.1, 0.15) is 0 Å². The van der Waals surface area contributed by atoms with Crippen molar-refractivity contribution in [2.45, 2.75) is 57.3 Å². The lowest BCUT2D eigenvalue weighted by atomic mass is 10.1. The summed E-state index contributed by atoms with van der Waals surface area (Å²) in [6.07, 6.45) is 3.54. The summed E-state index contributed by atoms with van der Waals surface area (Å²) >= 11 is 0. The highest BCUT2D eigenvalue weighted by Gasteiger charge is 2.35. The van der Waals surface area contributed by atoms with Gasteiger partial charge in [-0.15, -0.1) is 0 Å². The minimum atomic E-state index is -3.21. The molecule has 0 aromatic rings. The standard InChI is InChI=1S/C11H23NO3S/c1-4-12(9-11(2,3)13)16(14,15)10-7-5-6-8-10/h10,13H,4-9H2,1-3H3. The predicted molar refractivity (Wildman–Crippen MR) is 64.7 cm³/mol. The molecule has 0 heterocycles. The molecule has 1 aliphatic rings. The van der Waals surface area contributed by atoms with E-state index < -0.39 is 15.6 Å². The monoisotopic (exact) mass is 249 g/mol. The van der Waals surface area contributed by atoms with Crippen molar-refractivity contribution in [3.8, 4) is 0 Å². The first kappa shape index (κ1) is 13.9. The average molecular weight is 249 g/mol. The average Bonchev–Trinajstić information content (AvgIpc) is 2.65. The van der Waals surface area contributed by atoms with Crippen molar-refractivity contribution in [1.82, 2.24) is 4.31 Å². The Kier molecular flexibility index (Phi) is 4.37. The van der Waals surface area contributed by atoms with Crippen molar-refractivity contribution < 1.29 is 13.5 Å². The molecule has 0 saturated heterocycles. The van der Waals surface area contributed by atoms with Gasteiger partial charge in [0.2, 0.25) is 10.0 Å². The molecular weight excluding hydrogens is 226 g/mol. The summed E-state index contributed by atoms with van der Waals surface area (Å²) in [7, 11) is -3.21. The van der Waals surface area contributed by atoms with E-state index in [1.165, 1.54) is 4.31 Å². The van der Waals surface area contributed by atoms with Crippen molar-refractivity contribution in [3.63, 3.8) is 0 Å². The Morgan fingerprint density at radius 3 is 2.19 bits per heavy atom. The van der Waals surface area contributed by atoms with E-state index in [1.54, 1.807) is 13.8 Å². The van der Waals surface area contributed by atoms with Crippen LogP contribution in [-0.4, -0.2) is 41.8 Å². The van der Waals surface area contributed by atoms with E-state index in [2.05, 4.69) is 0 Å². The van der Waals surface area contributed by atoms with Gasteiger partial charge in [0.15, 0.2) is 0 Å². The largest absolute Gasteiger partial charge is 0.389 e. The quantitative estimate of drug-likeness (QED) is 0.800. The topological polar surface area (TPSA) is 57.6 Å². The molecule has 0 aliphatic heterocycles. The summed E-state index contributed by atoms with van der Waals surface area (Å²) < 4.78 is 25.9. The Balaban J connectivity index is 2.78. The smallest absolute Gasteiger partial charge is 0.217 e. The van der Waals surface area contributed by atoms with Crippen molar-refractivity contribution in [1.29, 1.82) is 0 Å². The second-order valence-corrected chi connectivity index (χ2v) is 7.40. The molecule has 0 aromatic heterocycles. The lowest BCUT2D eigenvalue weighted by Gasteiger charge is -2.29. The maximum Gasteiger partial charge on any atom is 0.217 e. The van der Waals surface area contributed by atoms with Gasteiger partial charge in [-0.05, 0) is 26.7 Å². The molecule has 16 heavy (non-hydrogen) atoms. The molecular formula is C11H23NO3S. The number of nitrogens with zero attached hydrogens (tertiary/aromatic N) is 1. The number of rotatable bonds is 5. The van der Waals surface area contributed by atoms with E-state index in [0.717, 1.165) is 25.7 Å². The molecule has 1 aliphatic carbocycles. The normalized spacial score (nSPS) is 19.6. The molecule has 1 fully saturated rings. The van der Waals surface area contributed by atoms with E-state index >= 15 is 0 Å². The Bertz CT molecular complexity index is 313. The molecule has 0 radical (unpaired) electrons. The highest BCUT2D eigenvalue weighted by atomic mass is 32.2. The summed E-state index contributed by atoms with van der Waals surface area (Å²) in [5.74, 6) is 0. The van der Waals surface area contributed by atoms with Gasteiger partial charge in [0.05, 0.1) is 10.9 Å². The van der Waals surface area contributed by atoms with Crippen molar-refractivity contribution in [2.75, 3.05) is 13.1 Å². The summed E-state index contributed by atoms with van der Waals surface area (Å²) in [5.41, 5.74) is -0.971. The molecule has 1 N–H and O–H groups in total. The molecule has 1 saturated carbocycles. The summed E-state index contributed by atoms with van der Waals surface area (Å²) in [6.45, 7) is 5.71. The number of sulfonamides is 1. The van der Waals surface area contributed by atoms with Crippen molar-refractivity contribution in [3.05, 3.63) is 0 Å². The molecule has 0 bridgehead atoms. The third kappa shape index (κ3) is 3.43. The molecule has 0 unspecified atom stereocenters. The van der Waals surface area contributed by atoms with Gasteiger partial charge in [0.25, 0.3) is 0 Å². The van der Waals surface area contributed by atoms with Crippen LogP contribution in [0.25, 0.3) is 0 Å². The van der Waals surface area contributed by atoms with E-state index in [1.807, 2.05) is 6.92 Å². The van der Waals surface area contributed by atoms with Gasteiger partial charge in [-0.3, -0.25) is 0 Å². The van der Waals surface area contributed by atoms with E-state index in [4.69, 9.17) is 0 Å². The third-order valence-electron chi connectivity index (χ3n) is 3.00. The second-order valence-electron chi connectivity index (χ2n) is 5.19. The van der Waals surface area contributed by atoms with E-state index in [-0.39, 0.29) is 11.8 Å². The molecule has 1 rings (SSSR count). The zero-order chi connectivity index (χ0) is 12.4. The number of hydrogen-bond acceptors (Lipinski definition) is 3. The van der Waals surface area contributed by atoms with Gasteiger partial charge in [0, 0.05) is 13.1 Å². The molecule has 96 valence electrons. The van der Waals surface area contributed by atoms with Crippen LogP contribution in [0.5, 0.6) is 0 Å². The maximum atomic E-state index is 12.3. The SMILES string of the molecule is CCN(CC(C)(C)O)S(=O)(=O)C1CCCC1. The Morgan fingerprint density at radius 2 is 1.81 bits per heavy atom. The minimum Gasteiger partial charge on any atom is -0.389 e. The Hall–Kier alpha value is -0.130. The Labute approximate surface area is 98.7 Å². The van der Waals surface area contributed by atoms with Gasteiger partial charge >= 0.3 is 0 Å². The van der Waals surface area contributed by atoms with Crippen LogP contribution in [0.3, 0.4) is 0 Å². The van der Waals surface area contributed by atoms with Crippen LogP contribution < -0.4 is 0 Å². The number of aliphatic hydroxyl groups is 1. The van der Waals surface area contributed by atoms with Gasteiger partial charge < -0.3 is 5.11 Å². The fourth-order valence-electron chi connectivity index (χ4n) is 2.21. The Morgan fingerprint density at radius 1 is 1.31 bits per heavy atom. The lowest BCUT2D eigenvalue weighted by molar-refractivity contribution is 0.0599. The molecule has 0 aromatic carbocycles. The van der Waals surface area contributed by atoms with Crippen LogP contribution in [0, 0.1) is 0 Å². The number of likely N-dealkylation sites (N-methyl/N-ethyl adjacent to an activating group) is 1. The summed E-state index contributed by atoms with van der Waals surface area (Å²) in [4.78, 5) is 0. The van der Waals surface area contributed by atoms with Crippen LogP contribution in [0.4, 0.5) is 0 Å². The van der Waals surface area contributed by atoms with Crippen LogP contribution in [-0.2, 0) is 10.0 Å². The zero-order valence-electron chi connectivity index (χ0n) is 10.4. The van der Waals surface area contributed by atoms with Crippen molar-refractivity contribution in [2.24, 2.45) is 0 Å². The first-order valence-electron chi connectivity index (χ1n) is 5.98. The highest BCUT2D eigenvalue weighted by molar-refractivity contribution is 7.89. The molecule has 0 amide bonds. The molecule has 4 nitrogen and oxygen atoms in total. The van der Waals surface area contributed by atoms with Crippen LogP contribution in [0.2, 0.25) is 0 Å². The molecule has 5 heteroatoms. The van der Waals surface area contributed by atoms with Gasteiger partial charge in [-0.25, -0.2) is 8.42 Å². The van der Waals surface area contributed by atoms with Crippen LogP contribution >= 0.6 is 0 Å². The maximum absolute atomic E-state index is 12.3. The van der Waals surface area contributed by atoms with Gasteiger partial charge in [-0.2, -0.15) is 4.31 Å². The fourth-order valence-corrected chi connectivity index (χ4v) is 4.42. The summed E-state index contributed by atoms with van der Waals surface area (Å²) in [5, 5.41) is 9.49. The first-order chi connectivity index (χ1) is 7.27. The minimum absolute atomic E-state index is 0.183. The number of hydrogen-bond donors (Lipinski definition) is 1. The molecule has 0 spiro atoms. The fraction of sp³-hybridized carbons (Fsp3) is 1.00. The van der Waals surface area contributed by atoms with E-state index in [9.17, 15) is 13.5 Å². The first-order valence-corrected chi connectivity index (χ1v) is 7.49. The highest BCUT2D eigenvalue weighted by Crippen LogP contribution is 2.27. The zero-order valence-corrected chi connectivity index (χ0v) is 11.3. The van der Waals surface area contributed by atoms with Crippen LogP contribution in [0.1, 0.15) is 46.5 Å². The molecule has 0 atom stereocenters. The van der Waals surface area contributed by atoms with E-state index in [0.29, 0.717) is 6.54 Å². The predicted octanol–water partition coefficient (Wildman–Crippen LogP) is 1.35. The second kappa shape index (κ2) is 5.02. The lowest BCUT2D eigenvalue weighted by Crippen LogP contribution is -2.45. The van der Waals surface area contributed by atoms with Crippen LogP contribution in [0.15, 0.2) is 0 Å². The van der Waals surface area contributed by atoms with Gasteiger partial charge in [-0.1, -0.05) is 19.8 Å². The third-order valence-corrected chi connectivity index (χ3v) is 5.42.